The van der Waals surface area contributed by atoms with Gasteiger partial charge in [0.1, 0.15) is 0 Å². The predicted molar refractivity (Wildman–Crippen MR) is 99.0 cm³/mol. The molecule has 2 N–H and O–H groups in total. The molecule has 0 bridgehead atoms. The van der Waals surface area contributed by atoms with Crippen LogP contribution in [0.2, 0.25) is 0 Å². The minimum atomic E-state index is -1.28. The molecule has 0 spiro atoms. The Bertz CT molecular complexity index is 750. The van der Waals surface area contributed by atoms with Crippen LogP contribution in [0.5, 0.6) is 11.5 Å². The number of halogens is 1. The fourth-order valence-electron chi connectivity index (χ4n) is 2.14. The summed E-state index contributed by atoms with van der Waals surface area (Å²) in [4.78, 5) is 11.9. The molecule has 0 saturated heterocycles. The van der Waals surface area contributed by atoms with Gasteiger partial charge >= 0.3 is 0 Å². The number of hydrazone groups is 1. The summed E-state index contributed by atoms with van der Waals surface area (Å²) < 4.78 is 11.5. The Labute approximate surface area is 154 Å². The summed E-state index contributed by atoms with van der Waals surface area (Å²) in [6.45, 7) is 2.36. The summed E-state index contributed by atoms with van der Waals surface area (Å²) in [6.07, 6.45) is 0.183. The first-order valence-corrected chi connectivity index (χ1v) is 8.42. The summed E-state index contributed by atoms with van der Waals surface area (Å²) in [5.41, 5.74) is 3.52. The molecule has 0 aromatic heterocycles. The van der Waals surface area contributed by atoms with Crippen molar-refractivity contribution >= 4 is 28.1 Å². The first-order chi connectivity index (χ1) is 12.1. The Morgan fingerprint density at radius 2 is 2.08 bits per heavy atom. The lowest BCUT2D eigenvalue weighted by molar-refractivity contribution is -0.129. The van der Waals surface area contributed by atoms with E-state index in [4.69, 9.17) is 9.47 Å². The second kappa shape index (κ2) is 9.19. The Morgan fingerprint density at radius 1 is 1.36 bits per heavy atom. The number of aliphatic hydroxyl groups is 1. The standard InChI is InChI=1S/C18H19BrN2O4/c1-3-25-15-10-12(9-14(19)17(15)24-2)11-20-21-18(23)16(22)13-7-5-4-6-8-13/h4-11,16,22H,3H2,1-2H3,(H,21,23)/b20-11-/t16-/m0/s1. The highest BCUT2D eigenvalue weighted by Gasteiger charge is 2.16. The quantitative estimate of drug-likeness (QED) is 0.546. The number of carbonyl (C=O) groups is 1. The van der Waals surface area contributed by atoms with Gasteiger partial charge in [0, 0.05) is 0 Å². The minimum absolute atomic E-state index is 0.489. The lowest BCUT2D eigenvalue weighted by atomic mass is 10.1. The van der Waals surface area contributed by atoms with Gasteiger partial charge in [-0.05, 0) is 46.1 Å². The predicted octanol–water partition coefficient (Wildman–Crippen LogP) is 3.04. The van der Waals surface area contributed by atoms with Crippen LogP contribution in [0.3, 0.4) is 0 Å². The molecule has 0 unspecified atom stereocenters. The monoisotopic (exact) mass is 406 g/mol. The third kappa shape index (κ3) is 5.04. The van der Waals surface area contributed by atoms with Crippen molar-refractivity contribution in [3.05, 3.63) is 58.1 Å². The van der Waals surface area contributed by atoms with Crippen molar-refractivity contribution in [3.63, 3.8) is 0 Å². The zero-order valence-electron chi connectivity index (χ0n) is 13.9. The van der Waals surface area contributed by atoms with E-state index < -0.39 is 12.0 Å². The molecule has 0 saturated carbocycles. The SMILES string of the molecule is CCOc1cc(/C=N\NC(=O)[C@@H](O)c2ccccc2)cc(Br)c1OC. The largest absolute Gasteiger partial charge is 0.492 e. The first kappa shape index (κ1) is 19.0. The molecule has 1 atom stereocenters. The molecular formula is C18H19BrN2O4. The number of hydrogen-bond donors (Lipinski definition) is 2. The molecular weight excluding hydrogens is 388 g/mol. The second-order valence-electron chi connectivity index (χ2n) is 5.01. The number of carbonyl (C=O) groups excluding carboxylic acids is 1. The number of methoxy groups -OCH3 is 1. The number of rotatable bonds is 7. The Kier molecular flexibility index (Phi) is 6.97. The van der Waals surface area contributed by atoms with Gasteiger partial charge in [0.15, 0.2) is 17.6 Å². The third-order valence-electron chi connectivity index (χ3n) is 3.29. The van der Waals surface area contributed by atoms with Crippen LogP contribution >= 0.6 is 15.9 Å². The summed E-state index contributed by atoms with van der Waals surface area (Å²) in [7, 11) is 1.56. The van der Waals surface area contributed by atoms with Crippen LogP contribution in [0, 0.1) is 0 Å². The van der Waals surface area contributed by atoms with E-state index >= 15 is 0 Å². The number of ether oxygens (including phenoxy) is 2. The van der Waals surface area contributed by atoms with E-state index in [2.05, 4.69) is 26.5 Å². The Hall–Kier alpha value is -2.38. The lowest BCUT2D eigenvalue weighted by Crippen LogP contribution is -2.25. The molecule has 0 fully saturated rings. The van der Waals surface area contributed by atoms with E-state index in [-0.39, 0.29) is 0 Å². The molecule has 25 heavy (non-hydrogen) atoms. The minimum Gasteiger partial charge on any atom is -0.492 e. The topological polar surface area (TPSA) is 80.2 Å². The molecule has 1 amide bonds. The molecule has 0 aliphatic heterocycles. The van der Waals surface area contributed by atoms with E-state index in [1.165, 1.54) is 6.21 Å². The van der Waals surface area contributed by atoms with Gasteiger partial charge in [0.25, 0.3) is 5.91 Å². The molecule has 2 aromatic rings. The zero-order chi connectivity index (χ0) is 18.2. The van der Waals surface area contributed by atoms with Gasteiger partial charge in [-0.1, -0.05) is 30.3 Å². The van der Waals surface area contributed by atoms with Gasteiger partial charge in [0.05, 0.1) is 24.4 Å². The van der Waals surface area contributed by atoms with Crippen LogP contribution in [0.1, 0.15) is 24.2 Å². The molecule has 7 heteroatoms. The summed E-state index contributed by atoms with van der Waals surface area (Å²) in [5, 5.41) is 13.9. The van der Waals surface area contributed by atoms with Gasteiger partial charge in [-0.3, -0.25) is 4.79 Å². The van der Waals surface area contributed by atoms with Crippen molar-refractivity contribution in [1.82, 2.24) is 5.43 Å². The fourth-order valence-corrected chi connectivity index (χ4v) is 2.76. The van der Waals surface area contributed by atoms with Crippen molar-refractivity contribution in [3.8, 4) is 11.5 Å². The molecule has 0 aliphatic rings. The molecule has 0 aliphatic carbocycles. The van der Waals surface area contributed by atoms with Gasteiger partial charge in [0.2, 0.25) is 0 Å². The van der Waals surface area contributed by atoms with Crippen molar-refractivity contribution in [2.24, 2.45) is 5.10 Å². The van der Waals surface area contributed by atoms with Crippen molar-refractivity contribution < 1.29 is 19.4 Å². The van der Waals surface area contributed by atoms with E-state index in [9.17, 15) is 9.90 Å². The van der Waals surface area contributed by atoms with Crippen molar-refractivity contribution in [2.45, 2.75) is 13.0 Å². The van der Waals surface area contributed by atoms with Crippen LogP contribution < -0.4 is 14.9 Å². The van der Waals surface area contributed by atoms with Crippen LogP contribution in [-0.2, 0) is 4.79 Å². The Morgan fingerprint density at radius 3 is 2.72 bits per heavy atom. The maximum atomic E-state index is 11.9. The number of nitrogens with one attached hydrogen (secondary N) is 1. The fraction of sp³-hybridized carbons (Fsp3) is 0.222. The summed E-state index contributed by atoms with van der Waals surface area (Å²) in [5.74, 6) is 0.541. The molecule has 2 aromatic carbocycles. The van der Waals surface area contributed by atoms with Gasteiger partial charge < -0.3 is 14.6 Å². The van der Waals surface area contributed by atoms with E-state index in [0.29, 0.717) is 33.7 Å². The van der Waals surface area contributed by atoms with Gasteiger partial charge in [-0.15, -0.1) is 0 Å². The zero-order valence-corrected chi connectivity index (χ0v) is 15.5. The Balaban J connectivity index is 2.07. The molecule has 132 valence electrons. The molecule has 2 rings (SSSR count). The van der Waals surface area contributed by atoms with Crippen molar-refractivity contribution in [1.29, 1.82) is 0 Å². The number of amides is 1. The number of hydrogen-bond acceptors (Lipinski definition) is 5. The van der Waals surface area contributed by atoms with E-state index in [0.717, 1.165) is 0 Å². The number of benzene rings is 2. The average molecular weight is 407 g/mol. The second-order valence-corrected chi connectivity index (χ2v) is 5.87. The van der Waals surface area contributed by atoms with Crippen LogP contribution in [0.15, 0.2) is 52.0 Å². The maximum absolute atomic E-state index is 11.9. The molecule has 6 nitrogen and oxygen atoms in total. The highest BCUT2D eigenvalue weighted by molar-refractivity contribution is 9.10. The smallest absolute Gasteiger partial charge is 0.273 e. The average Bonchev–Trinajstić information content (AvgIpc) is 2.62. The first-order valence-electron chi connectivity index (χ1n) is 7.63. The number of aliphatic hydroxyl groups excluding tert-OH is 1. The summed E-state index contributed by atoms with van der Waals surface area (Å²) in [6, 6.07) is 12.2. The normalized spacial score (nSPS) is 12.0. The van der Waals surface area contributed by atoms with E-state index in [1.807, 2.05) is 13.0 Å². The van der Waals surface area contributed by atoms with Crippen molar-refractivity contribution in [2.75, 3.05) is 13.7 Å². The third-order valence-corrected chi connectivity index (χ3v) is 3.88. The highest BCUT2D eigenvalue weighted by Crippen LogP contribution is 2.36. The lowest BCUT2D eigenvalue weighted by Gasteiger charge is -2.12. The molecule has 0 heterocycles. The number of nitrogens with zero attached hydrogens (tertiary/aromatic N) is 1. The van der Waals surface area contributed by atoms with Crippen LogP contribution in [-0.4, -0.2) is 30.9 Å². The molecule has 0 radical (unpaired) electrons. The highest BCUT2D eigenvalue weighted by atomic mass is 79.9. The van der Waals surface area contributed by atoms with Gasteiger partial charge in [-0.25, -0.2) is 5.43 Å². The van der Waals surface area contributed by atoms with E-state index in [1.54, 1.807) is 43.5 Å². The van der Waals surface area contributed by atoms with Gasteiger partial charge in [-0.2, -0.15) is 5.10 Å². The van der Waals surface area contributed by atoms with Crippen LogP contribution in [0.25, 0.3) is 0 Å². The summed E-state index contributed by atoms with van der Waals surface area (Å²) >= 11 is 3.41. The maximum Gasteiger partial charge on any atom is 0.273 e. The van der Waals surface area contributed by atoms with Crippen LogP contribution in [0.4, 0.5) is 0 Å².